The second-order valence-corrected chi connectivity index (χ2v) is 7.33. The zero-order valence-corrected chi connectivity index (χ0v) is 15.0. The lowest BCUT2D eigenvalue weighted by Crippen LogP contribution is -2.44. The molecule has 1 aromatic carbocycles. The zero-order chi connectivity index (χ0) is 17.8. The standard InChI is InChI=1S/C18H22FN3O2S/c1-21(11-17(23)24)16-6-8-22(9-7-16)10-15-12-25-18(20-15)13-2-4-14(19)5-3-13/h2-5,12,16H,6-11H2,1H3,(H,23,24). The molecule has 2 aromatic rings. The number of aliphatic carboxylic acids is 1. The number of carboxylic acids is 1. The van der Waals surface area contributed by atoms with E-state index in [-0.39, 0.29) is 12.4 Å². The first-order valence-corrected chi connectivity index (χ1v) is 9.24. The van der Waals surface area contributed by atoms with Gasteiger partial charge in [0.15, 0.2) is 0 Å². The van der Waals surface area contributed by atoms with Crippen LogP contribution in [0.1, 0.15) is 18.5 Å². The Balaban J connectivity index is 1.53. The molecule has 1 aromatic heterocycles. The van der Waals surface area contributed by atoms with E-state index in [9.17, 15) is 9.18 Å². The number of halogens is 1. The van der Waals surface area contributed by atoms with Crippen LogP contribution in [0.3, 0.4) is 0 Å². The Labute approximate surface area is 150 Å². The third kappa shape index (κ3) is 4.84. The number of hydrogen-bond acceptors (Lipinski definition) is 5. The molecule has 2 heterocycles. The molecule has 1 fully saturated rings. The van der Waals surface area contributed by atoms with Gasteiger partial charge in [0.2, 0.25) is 0 Å². The van der Waals surface area contributed by atoms with E-state index in [2.05, 4.69) is 15.3 Å². The number of likely N-dealkylation sites (N-methyl/N-ethyl adjacent to an activating group) is 1. The molecule has 0 atom stereocenters. The molecule has 0 spiro atoms. The van der Waals surface area contributed by atoms with Gasteiger partial charge in [0, 0.05) is 36.6 Å². The average Bonchev–Trinajstić information content (AvgIpc) is 3.04. The predicted octanol–water partition coefficient (Wildman–Crippen LogP) is 2.93. The largest absolute Gasteiger partial charge is 0.480 e. The van der Waals surface area contributed by atoms with Gasteiger partial charge in [0.25, 0.3) is 0 Å². The van der Waals surface area contributed by atoms with E-state index in [4.69, 9.17) is 5.11 Å². The lowest BCUT2D eigenvalue weighted by Gasteiger charge is -2.35. The maximum atomic E-state index is 13.0. The highest BCUT2D eigenvalue weighted by Gasteiger charge is 2.24. The van der Waals surface area contributed by atoms with E-state index in [1.807, 2.05) is 11.9 Å². The van der Waals surface area contributed by atoms with Crippen LogP contribution in [0.15, 0.2) is 29.6 Å². The third-order valence-corrected chi connectivity index (χ3v) is 5.53. The summed E-state index contributed by atoms with van der Waals surface area (Å²) >= 11 is 1.58. The molecule has 0 radical (unpaired) electrons. The quantitative estimate of drug-likeness (QED) is 0.855. The average molecular weight is 363 g/mol. The van der Waals surface area contributed by atoms with Gasteiger partial charge in [-0.1, -0.05) is 0 Å². The number of nitrogens with zero attached hydrogens (tertiary/aromatic N) is 3. The molecule has 3 rings (SSSR count). The molecule has 0 aliphatic carbocycles. The Hall–Kier alpha value is -1.83. The molecule has 1 aliphatic heterocycles. The van der Waals surface area contributed by atoms with Crippen molar-refractivity contribution in [3.05, 3.63) is 41.2 Å². The van der Waals surface area contributed by atoms with E-state index in [0.29, 0.717) is 6.04 Å². The van der Waals surface area contributed by atoms with E-state index >= 15 is 0 Å². The van der Waals surface area contributed by atoms with Crippen LogP contribution in [0.4, 0.5) is 4.39 Å². The Kier molecular flexibility index (Phi) is 5.78. The van der Waals surface area contributed by atoms with Gasteiger partial charge in [0.05, 0.1) is 12.2 Å². The molecule has 134 valence electrons. The molecular weight excluding hydrogens is 341 g/mol. The van der Waals surface area contributed by atoms with Crippen molar-refractivity contribution in [1.29, 1.82) is 0 Å². The van der Waals surface area contributed by atoms with Crippen molar-refractivity contribution in [3.63, 3.8) is 0 Å². The lowest BCUT2D eigenvalue weighted by molar-refractivity contribution is -0.138. The summed E-state index contributed by atoms with van der Waals surface area (Å²) < 4.78 is 13.0. The van der Waals surface area contributed by atoms with Crippen molar-refractivity contribution >= 4 is 17.3 Å². The van der Waals surface area contributed by atoms with Crippen LogP contribution >= 0.6 is 11.3 Å². The number of aromatic nitrogens is 1. The molecule has 0 unspecified atom stereocenters. The highest BCUT2D eigenvalue weighted by molar-refractivity contribution is 7.13. The maximum Gasteiger partial charge on any atom is 0.317 e. The van der Waals surface area contributed by atoms with Crippen LogP contribution in [0.2, 0.25) is 0 Å². The summed E-state index contributed by atoms with van der Waals surface area (Å²) in [5, 5.41) is 11.9. The van der Waals surface area contributed by atoms with Crippen LogP contribution in [0.25, 0.3) is 10.6 Å². The molecule has 25 heavy (non-hydrogen) atoms. The normalized spacial score (nSPS) is 16.4. The van der Waals surface area contributed by atoms with Gasteiger partial charge in [-0.3, -0.25) is 14.6 Å². The Morgan fingerprint density at radius 2 is 2.04 bits per heavy atom. The Bertz CT molecular complexity index is 711. The van der Waals surface area contributed by atoms with Crippen molar-refractivity contribution in [2.24, 2.45) is 0 Å². The topological polar surface area (TPSA) is 56.7 Å². The van der Waals surface area contributed by atoms with Crippen molar-refractivity contribution in [2.75, 3.05) is 26.7 Å². The lowest BCUT2D eigenvalue weighted by atomic mass is 10.0. The second-order valence-electron chi connectivity index (χ2n) is 6.47. The summed E-state index contributed by atoms with van der Waals surface area (Å²) in [6.45, 7) is 2.78. The van der Waals surface area contributed by atoms with Crippen LogP contribution in [0.5, 0.6) is 0 Å². The van der Waals surface area contributed by atoms with Gasteiger partial charge in [0.1, 0.15) is 10.8 Å². The minimum absolute atomic E-state index is 0.0950. The van der Waals surface area contributed by atoms with Gasteiger partial charge in [-0.15, -0.1) is 11.3 Å². The van der Waals surface area contributed by atoms with Crippen LogP contribution < -0.4 is 0 Å². The highest BCUT2D eigenvalue weighted by Crippen LogP contribution is 2.25. The van der Waals surface area contributed by atoms with Gasteiger partial charge in [-0.05, 0) is 44.2 Å². The zero-order valence-electron chi connectivity index (χ0n) is 14.2. The molecule has 1 N–H and O–H groups in total. The van der Waals surface area contributed by atoms with Gasteiger partial charge < -0.3 is 5.11 Å². The predicted molar refractivity (Wildman–Crippen MR) is 96.1 cm³/mol. The number of thiazole rings is 1. The first-order chi connectivity index (χ1) is 12.0. The SMILES string of the molecule is CN(CC(=O)O)C1CCN(Cc2csc(-c3ccc(F)cc3)n2)CC1. The number of likely N-dealkylation sites (tertiary alicyclic amines) is 1. The van der Waals surface area contributed by atoms with Crippen LogP contribution in [-0.4, -0.2) is 58.6 Å². The number of piperidine rings is 1. The number of carbonyl (C=O) groups is 1. The number of benzene rings is 1. The minimum atomic E-state index is -0.777. The Morgan fingerprint density at radius 1 is 1.36 bits per heavy atom. The summed E-state index contributed by atoms with van der Waals surface area (Å²) in [6.07, 6.45) is 1.94. The van der Waals surface area contributed by atoms with Gasteiger partial charge in [-0.25, -0.2) is 9.37 Å². The molecule has 1 aliphatic rings. The fourth-order valence-corrected chi connectivity index (χ4v) is 4.01. The van der Waals surface area contributed by atoms with Gasteiger partial charge in [-0.2, -0.15) is 0 Å². The fraction of sp³-hybridized carbons (Fsp3) is 0.444. The molecule has 0 bridgehead atoms. The van der Waals surface area contributed by atoms with E-state index < -0.39 is 5.97 Å². The van der Waals surface area contributed by atoms with Crippen LogP contribution in [-0.2, 0) is 11.3 Å². The summed E-state index contributed by atoms with van der Waals surface area (Å²) in [7, 11) is 1.88. The highest BCUT2D eigenvalue weighted by atomic mass is 32.1. The van der Waals surface area contributed by atoms with Crippen molar-refractivity contribution in [1.82, 2.24) is 14.8 Å². The first kappa shape index (κ1) is 18.0. The minimum Gasteiger partial charge on any atom is -0.480 e. The fourth-order valence-electron chi connectivity index (χ4n) is 3.19. The number of hydrogen-bond donors (Lipinski definition) is 1. The monoisotopic (exact) mass is 363 g/mol. The van der Waals surface area contributed by atoms with Gasteiger partial charge >= 0.3 is 5.97 Å². The third-order valence-electron chi connectivity index (χ3n) is 4.59. The Morgan fingerprint density at radius 3 is 2.68 bits per heavy atom. The van der Waals surface area contributed by atoms with E-state index in [0.717, 1.165) is 48.7 Å². The summed E-state index contributed by atoms with van der Waals surface area (Å²) in [6, 6.07) is 6.74. The summed E-state index contributed by atoms with van der Waals surface area (Å²) in [5.74, 6) is -1.02. The molecule has 0 amide bonds. The molecule has 7 heteroatoms. The molecule has 0 saturated carbocycles. The summed E-state index contributed by atoms with van der Waals surface area (Å²) in [4.78, 5) is 19.8. The van der Waals surface area contributed by atoms with Crippen molar-refractivity contribution in [3.8, 4) is 10.6 Å². The number of rotatable bonds is 6. The maximum absolute atomic E-state index is 13.0. The molecule has 5 nitrogen and oxygen atoms in total. The van der Waals surface area contributed by atoms with E-state index in [1.54, 1.807) is 23.5 Å². The van der Waals surface area contributed by atoms with E-state index in [1.165, 1.54) is 12.1 Å². The molecular formula is C18H22FN3O2S. The van der Waals surface area contributed by atoms with Crippen molar-refractivity contribution < 1.29 is 14.3 Å². The second kappa shape index (κ2) is 8.03. The van der Waals surface area contributed by atoms with Crippen molar-refractivity contribution in [2.45, 2.75) is 25.4 Å². The smallest absolute Gasteiger partial charge is 0.317 e. The number of carboxylic acid groups (broad SMARTS) is 1. The van der Waals surface area contributed by atoms with Crippen LogP contribution in [0, 0.1) is 5.82 Å². The summed E-state index contributed by atoms with van der Waals surface area (Å²) in [5.41, 5.74) is 1.97. The first-order valence-electron chi connectivity index (χ1n) is 8.36. The molecule has 1 saturated heterocycles.